The summed E-state index contributed by atoms with van der Waals surface area (Å²) >= 11 is 0. The summed E-state index contributed by atoms with van der Waals surface area (Å²) in [5.41, 5.74) is 4.50. The Morgan fingerprint density at radius 3 is 2.18 bits per heavy atom. The smallest absolute Gasteiger partial charge is 0.315 e. The van der Waals surface area contributed by atoms with Crippen LogP contribution < -0.4 is 11.1 Å². The number of nitrogens with one attached hydrogen (secondary N) is 1. The number of amides is 3. The lowest BCUT2D eigenvalue weighted by Crippen LogP contribution is -2.43. The van der Waals surface area contributed by atoms with Crippen molar-refractivity contribution in [3.8, 4) is 0 Å². The Morgan fingerprint density at radius 1 is 1.45 bits per heavy atom. The van der Waals surface area contributed by atoms with E-state index in [1.807, 2.05) is 0 Å². The highest BCUT2D eigenvalue weighted by atomic mass is 16.3. The molecule has 6 nitrogen and oxygen atoms in total. The summed E-state index contributed by atoms with van der Waals surface area (Å²) in [5, 5.41) is 10.1. The van der Waals surface area contributed by atoms with Crippen LogP contribution in [0.25, 0.3) is 0 Å². The molecule has 0 bridgehead atoms. The van der Waals surface area contributed by atoms with E-state index >= 15 is 0 Å². The highest BCUT2D eigenvalue weighted by Crippen LogP contribution is 1.77. The van der Waals surface area contributed by atoms with E-state index in [-0.39, 0.29) is 0 Å². The summed E-state index contributed by atoms with van der Waals surface area (Å²) < 4.78 is 0. The predicted molar refractivity (Wildman–Crippen MR) is 34.0 cm³/mol. The Labute approximate surface area is 62.4 Å². The second-order valence-corrected chi connectivity index (χ2v) is 1.86. The molecule has 0 spiro atoms. The molecule has 6 heteroatoms. The van der Waals surface area contributed by atoms with Gasteiger partial charge in [-0.2, -0.15) is 0 Å². The molecule has 0 radical (unpaired) electrons. The molecule has 11 heavy (non-hydrogen) atoms. The van der Waals surface area contributed by atoms with Gasteiger partial charge in [0.15, 0.2) is 0 Å². The molecule has 0 rings (SSSR count). The quantitative estimate of drug-likeness (QED) is 0.368. The van der Waals surface area contributed by atoms with Gasteiger partial charge in [0.25, 0.3) is 5.91 Å². The summed E-state index contributed by atoms with van der Waals surface area (Å²) in [6.45, 7) is 1.16. The average molecular weight is 160 g/mol. The molecule has 0 saturated heterocycles. The maximum absolute atomic E-state index is 10.5. The minimum atomic E-state index is -1.33. The normalized spacial score (nSPS) is 11.8. The fourth-order valence-corrected chi connectivity index (χ4v) is 0.278. The number of aliphatic hydroxyl groups excluding tert-OH is 1. The zero-order chi connectivity index (χ0) is 9.02. The second kappa shape index (κ2) is 3.67. The third kappa shape index (κ3) is 3.31. The Balaban J connectivity index is 3.96. The van der Waals surface area contributed by atoms with Crippen molar-refractivity contribution >= 4 is 17.7 Å². The number of primary amides is 1. The minimum absolute atomic E-state index is 0.950. The standard InChI is InChI=1S/C5H8N2O4/c1-2(8)4(10)7-5(11)3(6)9/h2,8H,1H3,(H2,6,9)(H,7,10,11). The molecule has 0 heterocycles. The highest BCUT2D eigenvalue weighted by Gasteiger charge is 2.15. The third-order valence-corrected chi connectivity index (χ3v) is 0.840. The van der Waals surface area contributed by atoms with Crippen LogP contribution in [0.4, 0.5) is 0 Å². The van der Waals surface area contributed by atoms with Crippen molar-refractivity contribution in [3.05, 3.63) is 0 Å². The van der Waals surface area contributed by atoms with Gasteiger partial charge in [-0.15, -0.1) is 0 Å². The Kier molecular flexibility index (Phi) is 3.19. The zero-order valence-corrected chi connectivity index (χ0v) is 5.83. The van der Waals surface area contributed by atoms with Crippen molar-refractivity contribution < 1.29 is 19.5 Å². The number of hydrogen-bond acceptors (Lipinski definition) is 4. The van der Waals surface area contributed by atoms with Gasteiger partial charge in [-0.05, 0) is 6.92 Å². The molecule has 3 amide bonds. The molecule has 0 aliphatic rings. The molecule has 0 aliphatic heterocycles. The Morgan fingerprint density at radius 2 is 1.91 bits per heavy atom. The lowest BCUT2D eigenvalue weighted by atomic mass is 10.4. The highest BCUT2D eigenvalue weighted by molar-refractivity contribution is 6.37. The van der Waals surface area contributed by atoms with Crippen LogP contribution in [0.3, 0.4) is 0 Å². The van der Waals surface area contributed by atoms with Gasteiger partial charge in [-0.25, -0.2) is 0 Å². The van der Waals surface area contributed by atoms with Crippen molar-refractivity contribution in [1.29, 1.82) is 0 Å². The van der Waals surface area contributed by atoms with Gasteiger partial charge in [0, 0.05) is 0 Å². The van der Waals surface area contributed by atoms with Crippen LogP contribution >= 0.6 is 0 Å². The van der Waals surface area contributed by atoms with Crippen molar-refractivity contribution in [1.82, 2.24) is 5.32 Å². The van der Waals surface area contributed by atoms with Crippen LogP contribution in [-0.4, -0.2) is 28.9 Å². The van der Waals surface area contributed by atoms with Crippen molar-refractivity contribution in [3.63, 3.8) is 0 Å². The van der Waals surface area contributed by atoms with Crippen LogP contribution in [-0.2, 0) is 14.4 Å². The van der Waals surface area contributed by atoms with Gasteiger partial charge in [0.05, 0.1) is 0 Å². The lowest BCUT2D eigenvalue weighted by Gasteiger charge is -2.01. The molecule has 0 aromatic rings. The SMILES string of the molecule is CC(O)C(=O)NC(=O)C(N)=O. The fraction of sp³-hybridized carbons (Fsp3) is 0.400. The predicted octanol–water partition coefficient (Wildman–Crippen LogP) is -2.50. The van der Waals surface area contributed by atoms with E-state index in [1.54, 1.807) is 5.32 Å². The van der Waals surface area contributed by atoms with Crippen LogP contribution in [0.15, 0.2) is 0 Å². The molecular weight excluding hydrogens is 152 g/mol. The Hall–Kier alpha value is -1.43. The molecule has 0 fully saturated rings. The maximum atomic E-state index is 10.5. The molecular formula is C5H8N2O4. The number of carbonyl (C=O) groups is 3. The topological polar surface area (TPSA) is 109 Å². The zero-order valence-electron chi connectivity index (χ0n) is 5.83. The number of aliphatic hydroxyl groups is 1. The van der Waals surface area contributed by atoms with E-state index in [9.17, 15) is 14.4 Å². The summed E-state index contributed by atoms with van der Waals surface area (Å²) in [4.78, 5) is 30.8. The van der Waals surface area contributed by atoms with Gasteiger partial charge in [-0.1, -0.05) is 0 Å². The number of rotatable bonds is 1. The molecule has 1 atom stereocenters. The first-order chi connectivity index (χ1) is 4.95. The summed E-state index contributed by atoms with van der Waals surface area (Å²) in [5.74, 6) is -3.44. The van der Waals surface area contributed by atoms with Gasteiger partial charge in [-0.3, -0.25) is 19.7 Å². The van der Waals surface area contributed by atoms with E-state index in [0.717, 1.165) is 6.92 Å². The monoisotopic (exact) mass is 160 g/mol. The van der Waals surface area contributed by atoms with Crippen molar-refractivity contribution in [2.75, 3.05) is 0 Å². The summed E-state index contributed by atoms with van der Waals surface area (Å²) in [6.07, 6.45) is -1.33. The summed E-state index contributed by atoms with van der Waals surface area (Å²) in [7, 11) is 0. The molecule has 4 N–H and O–H groups in total. The molecule has 0 saturated carbocycles. The first-order valence-electron chi connectivity index (χ1n) is 2.78. The molecule has 0 aromatic carbocycles. The van der Waals surface area contributed by atoms with Crippen LogP contribution in [0.1, 0.15) is 6.92 Å². The van der Waals surface area contributed by atoms with Crippen LogP contribution in [0.5, 0.6) is 0 Å². The van der Waals surface area contributed by atoms with Crippen LogP contribution in [0, 0.1) is 0 Å². The van der Waals surface area contributed by atoms with Gasteiger partial charge in [0.1, 0.15) is 6.10 Å². The van der Waals surface area contributed by atoms with E-state index in [4.69, 9.17) is 5.11 Å². The average Bonchev–Trinajstić information content (AvgIpc) is 1.87. The van der Waals surface area contributed by atoms with Gasteiger partial charge < -0.3 is 10.8 Å². The summed E-state index contributed by atoms with van der Waals surface area (Å²) in [6, 6.07) is 0. The Bertz CT molecular complexity index is 199. The number of hydrogen-bond donors (Lipinski definition) is 3. The largest absolute Gasteiger partial charge is 0.384 e. The van der Waals surface area contributed by atoms with E-state index in [0.29, 0.717) is 0 Å². The molecule has 62 valence electrons. The first kappa shape index (κ1) is 9.57. The van der Waals surface area contributed by atoms with Gasteiger partial charge >= 0.3 is 11.8 Å². The number of imide groups is 1. The van der Waals surface area contributed by atoms with E-state index in [2.05, 4.69) is 5.73 Å². The number of nitrogens with two attached hydrogens (primary N) is 1. The fourth-order valence-electron chi connectivity index (χ4n) is 0.278. The lowest BCUT2D eigenvalue weighted by molar-refractivity contribution is -0.142. The first-order valence-corrected chi connectivity index (χ1v) is 2.78. The van der Waals surface area contributed by atoms with Gasteiger partial charge in [0.2, 0.25) is 0 Å². The molecule has 0 aromatic heterocycles. The molecule has 1 unspecified atom stereocenters. The van der Waals surface area contributed by atoms with Crippen molar-refractivity contribution in [2.45, 2.75) is 13.0 Å². The number of carbonyl (C=O) groups excluding carboxylic acids is 3. The van der Waals surface area contributed by atoms with Crippen LogP contribution in [0.2, 0.25) is 0 Å². The van der Waals surface area contributed by atoms with Crippen molar-refractivity contribution in [2.24, 2.45) is 5.73 Å². The van der Waals surface area contributed by atoms with E-state index < -0.39 is 23.8 Å². The van der Waals surface area contributed by atoms with E-state index in [1.165, 1.54) is 0 Å². The maximum Gasteiger partial charge on any atom is 0.315 e. The second-order valence-electron chi connectivity index (χ2n) is 1.86. The minimum Gasteiger partial charge on any atom is -0.384 e. The third-order valence-electron chi connectivity index (χ3n) is 0.840. The molecule has 0 aliphatic carbocycles.